The Morgan fingerprint density at radius 2 is 1.96 bits per heavy atom. The minimum absolute atomic E-state index is 0.255. The molecule has 2 aromatic rings. The van der Waals surface area contributed by atoms with Gasteiger partial charge in [0.2, 0.25) is 5.91 Å². The molecule has 0 atom stereocenters. The van der Waals surface area contributed by atoms with Crippen molar-refractivity contribution in [1.82, 2.24) is 19.9 Å². The van der Waals surface area contributed by atoms with Crippen molar-refractivity contribution in [2.75, 3.05) is 36.8 Å². The van der Waals surface area contributed by atoms with Gasteiger partial charge in [0.25, 0.3) is 0 Å². The van der Waals surface area contributed by atoms with Crippen molar-refractivity contribution < 1.29 is 4.79 Å². The molecule has 0 unspecified atom stereocenters. The standard InChI is InChI=1S/C17H24N6O/c1-12(2)3-6-15(24)22-7-9-23(10-8-22)17-13-4-5-14(18)21-16(13)19-11-20-17/h4-5,11-12H,3,6-10H2,1-2H3,(H2,18,19,20,21). The first-order valence-electron chi connectivity index (χ1n) is 8.44. The predicted octanol–water partition coefficient (Wildman–Crippen LogP) is 1.69. The smallest absolute Gasteiger partial charge is 0.222 e. The maximum Gasteiger partial charge on any atom is 0.222 e. The molecule has 128 valence electrons. The van der Waals surface area contributed by atoms with Crippen LogP contribution in [0.3, 0.4) is 0 Å². The van der Waals surface area contributed by atoms with Crippen molar-refractivity contribution in [1.29, 1.82) is 0 Å². The minimum atomic E-state index is 0.255. The van der Waals surface area contributed by atoms with Gasteiger partial charge in [-0.25, -0.2) is 15.0 Å². The van der Waals surface area contributed by atoms with Gasteiger partial charge in [0, 0.05) is 32.6 Å². The molecular formula is C17H24N6O. The van der Waals surface area contributed by atoms with Gasteiger partial charge in [0.1, 0.15) is 18.0 Å². The Balaban J connectivity index is 1.68. The third-order valence-electron chi connectivity index (χ3n) is 4.37. The van der Waals surface area contributed by atoms with Crippen molar-refractivity contribution >= 4 is 28.6 Å². The highest BCUT2D eigenvalue weighted by atomic mass is 16.2. The maximum absolute atomic E-state index is 12.3. The summed E-state index contributed by atoms with van der Waals surface area (Å²) in [7, 11) is 0. The van der Waals surface area contributed by atoms with Crippen molar-refractivity contribution in [2.45, 2.75) is 26.7 Å². The number of nitrogens with zero attached hydrogens (tertiary/aromatic N) is 5. The van der Waals surface area contributed by atoms with Crippen LogP contribution in [-0.4, -0.2) is 51.9 Å². The SMILES string of the molecule is CC(C)CCC(=O)N1CCN(c2ncnc3nc(N)ccc23)CC1. The molecule has 0 bridgehead atoms. The van der Waals surface area contributed by atoms with Crippen LogP contribution in [0, 0.1) is 5.92 Å². The molecular weight excluding hydrogens is 304 g/mol. The number of hydrogen-bond acceptors (Lipinski definition) is 6. The van der Waals surface area contributed by atoms with Crippen LogP contribution in [0.15, 0.2) is 18.5 Å². The Hall–Kier alpha value is -2.44. The predicted molar refractivity (Wildman–Crippen MR) is 94.6 cm³/mol. The molecule has 1 amide bonds. The summed E-state index contributed by atoms with van der Waals surface area (Å²) in [5.41, 5.74) is 6.33. The van der Waals surface area contributed by atoms with Crippen LogP contribution in [0.25, 0.3) is 11.0 Å². The molecule has 1 aliphatic rings. The third kappa shape index (κ3) is 3.55. The Morgan fingerprint density at radius 3 is 2.67 bits per heavy atom. The second-order valence-electron chi connectivity index (χ2n) is 6.60. The first-order valence-corrected chi connectivity index (χ1v) is 8.44. The van der Waals surface area contributed by atoms with E-state index in [0.717, 1.165) is 43.8 Å². The lowest BCUT2D eigenvalue weighted by Crippen LogP contribution is -2.49. The molecule has 1 fully saturated rings. The molecule has 7 heteroatoms. The summed E-state index contributed by atoms with van der Waals surface area (Å²) in [6.45, 7) is 7.28. The highest BCUT2D eigenvalue weighted by Crippen LogP contribution is 2.23. The van der Waals surface area contributed by atoms with Gasteiger partial charge in [0.05, 0.1) is 5.39 Å². The number of rotatable bonds is 4. The van der Waals surface area contributed by atoms with Crippen LogP contribution < -0.4 is 10.6 Å². The van der Waals surface area contributed by atoms with E-state index in [4.69, 9.17) is 5.73 Å². The van der Waals surface area contributed by atoms with E-state index in [9.17, 15) is 4.79 Å². The Bertz CT molecular complexity index is 724. The number of nitrogens with two attached hydrogens (primary N) is 1. The van der Waals surface area contributed by atoms with E-state index in [1.807, 2.05) is 11.0 Å². The molecule has 2 aromatic heterocycles. The minimum Gasteiger partial charge on any atom is -0.384 e. The summed E-state index contributed by atoms with van der Waals surface area (Å²) in [5.74, 6) is 2.13. The highest BCUT2D eigenvalue weighted by Gasteiger charge is 2.23. The van der Waals surface area contributed by atoms with Gasteiger partial charge in [-0.15, -0.1) is 0 Å². The summed E-state index contributed by atoms with van der Waals surface area (Å²) in [6, 6.07) is 3.67. The zero-order chi connectivity index (χ0) is 17.1. The number of anilines is 2. The molecule has 2 N–H and O–H groups in total. The number of piperazine rings is 1. The molecule has 1 aliphatic heterocycles. The topological polar surface area (TPSA) is 88.2 Å². The normalized spacial score (nSPS) is 15.3. The molecule has 0 spiro atoms. The number of fused-ring (bicyclic) bond motifs is 1. The first-order chi connectivity index (χ1) is 11.5. The van der Waals surface area contributed by atoms with Crippen molar-refractivity contribution in [2.24, 2.45) is 5.92 Å². The van der Waals surface area contributed by atoms with Gasteiger partial charge >= 0.3 is 0 Å². The molecule has 3 rings (SSSR count). The van der Waals surface area contributed by atoms with Crippen molar-refractivity contribution in [3.05, 3.63) is 18.5 Å². The second kappa shape index (κ2) is 6.98. The molecule has 0 radical (unpaired) electrons. The van der Waals surface area contributed by atoms with Gasteiger partial charge in [-0.2, -0.15) is 0 Å². The molecule has 7 nitrogen and oxygen atoms in total. The fourth-order valence-corrected chi connectivity index (χ4v) is 2.93. The van der Waals surface area contributed by atoms with Gasteiger partial charge in [-0.3, -0.25) is 4.79 Å². The van der Waals surface area contributed by atoms with Crippen LogP contribution in [0.5, 0.6) is 0 Å². The van der Waals surface area contributed by atoms with E-state index in [-0.39, 0.29) is 5.91 Å². The van der Waals surface area contributed by atoms with Crippen LogP contribution in [0.2, 0.25) is 0 Å². The van der Waals surface area contributed by atoms with E-state index in [1.165, 1.54) is 6.33 Å². The van der Waals surface area contributed by atoms with Gasteiger partial charge < -0.3 is 15.5 Å². The van der Waals surface area contributed by atoms with E-state index in [0.29, 0.717) is 23.8 Å². The van der Waals surface area contributed by atoms with Crippen LogP contribution in [0.4, 0.5) is 11.6 Å². The van der Waals surface area contributed by atoms with Crippen LogP contribution >= 0.6 is 0 Å². The quantitative estimate of drug-likeness (QED) is 0.919. The molecule has 0 aliphatic carbocycles. The summed E-state index contributed by atoms with van der Waals surface area (Å²) in [5, 5.41) is 0.895. The number of pyridine rings is 1. The Kier molecular flexibility index (Phi) is 4.78. The fourth-order valence-electron chi connectivity index (χ4n) is 2.93. The number of nitrogen functional groups attached to an aromatic ring is 1. The Morgan fingerprint density at radius 1 is 1.21 bits per heavy atom. The number of carbonyl (C=O) groups excluding carboxylic acids is 1. The lowest BCUT2D eigenvalue weighted by Gasteiger charge is -2.35. The molecule has 24 heavy (non-hydrogen) atoms. The fraction of sp³-hybridized carbons (Fsp3) is 0.529. The van der Waals surface area contributed by atoms with Crippen LogP contribution in [-0.2, 0) is 4.79 Å². The van der Waals surface area contributed by atoms with E-state index in [2.05, 4.69) is 33.7 Å². The maximum atomic E-state index is 12.3. The van der Waals surface area contributed by atoms with Crippen molar-refractivity contribution in [3.8, 4) is 0 Å². The van der Waals surface area contributed by atoms with E-state index in [1.54, 1.807) is 6.07 Å². The monoisotopic (exact) mass is 328 g/mol. The van der Waals surface area contributed by atoms with E-state index >= 15 is 0 Å². The van der Waals surface area contributed by atoms with Gasteiger partial charge in [-0.05, 0) is 24.5 Å². The summed E-state index contributed by atoms with van der Waals surface area (Å²) < 4.78 is 0. The zero-order valence-electron chi connectivity index (χ0n) is 14.3. The molecule has 3 heterocycles. The Labute approximate surface area is 141 Å². The zero-order valence-corrected chi connectivity index (χ0v) is 14.3. The second-order valence-corrected chi connectivity index (χ2v) is 6.60. The van der Waals surface area contributed by atoms with Crippen molar-refractivity contribution in [3.63, 3.8) is 0 Å². The lowest BCUT2D eigenvalue weighted by atomic mass is 10.1. The molecule has 0 aromatic carbocycles. The number of hydrogen-bond donors (Lipinski definition) is 1. The summed E-state index contributed by atoms with van der Waals surface area (Å²) in [6.07, 6.45) is 3.10. The lowest BCUT2D eigenvalue weighted by molar-refractivity contribution is -0.131. The first kappa shape index (κ1) is 16.4. The summed E-state index contributed by atoms with van der Waals surface area (Å²) >= 11 is 0. The average Bonchev–Trinajstić information content (AvgIpc) is 2.59. The van der Waals surface area contributed by atoms with Gasteiger partial charge in [0.15, 0.2) is 5.65 Å². The number of amides is 1. The third-order valence-corrected chi connectivity index (χ3v) is 4.37. The number of carbonyl (C=O) groups is 1. The number of aromatic nitrogens is 3. The average molecular weight is 328 g/mol. The molecule has 1 saturated heterocycles. The van der Waals surface area contributed by atoms with E-state index < -0.39 is 0 Å². The molecule has 0 saturated carbocycles. The van der Waals surface area contributed by atoms with Crippen LogP contribution in [0.1, 0.15) is 26.7 Å². The highest BCUT2D eigenvalue weighted by molar-refractivity contribution is 5.87. The summed E-state index contributed by atoms with van der Waals surface area (Å²) in [4.78, 5) is 29.3. The largest absolute Gasteiger partial charge is 0.384 e. The van der Waals surface area contributed by atoms with Gasteiger partial charge in [-0.1, -0.05) is 13.8 Å².